The Balaban J connectivity index is 1.44. The molecule has 0 saturated heterocycles. The van der Waals surface area contributed by atoms with Gasteiger partial charge in [0.2, 0.25) is 6.10 Å². The van der Waals surface area contributed by atoms with E-state index in [4.69, 9.17) is 9.47 Å². The number of halogens is 2. The number of carbonyl (C=O) groups excluding carboxylic acids is 1. The van der Waals surface area contributed by atoms with Crippen molar-refractivity contribution in [3.8, 4) is 17.2 Å². The van der Waals surface area contributed by atoms with Crippen molar-refractivity contribution in [2.75, 3.05) is 6.61 Å². The minimum Gasteiger partial charge on any atom is -0.506 e. The van der Waals surface area contributed by atoms with Crippen molar-refractivity contribution in [1.82, 2.24) is 5.43 Å². The minimum atomic E-state index is -0.802. The Bertz CT molecular complexity index is 1080. The topological polar surface area (TPSA) is 80.2 Å². The number of phenols is 1. The van der Waals surface area contributed by atoms with E-state index in [-0.39, 0.29) is 12.4 Å². The molecule has 8 heteroatoms. The molecule has 1 amide bonds. The molecule has 1 heterocycles. The number of benzene rings is 3. The van der Waals surface area contributed by atoms with Crippen LogP contribution in [-0.2, 0) is 4.79 Å². The summed E-state index contributed by atoms with van der Waals surface area (Å²) in [5, 5.41) is 15.7. The number of rotatable bonds is 3. The number of hydrazone groups is 1. The molecule has 3 aromatic carbocycles. The lowest BCUT2D eigenvalue weighted by Gasteiger charge is -2.25. The highest BCUT2D eigenvalue weighted by molar-refractivity contribution is 9.11. The van der Waals surface area contributed by atoms with Gasteiger partial charge in [-0.15, -0.1) is 0 Å². The van der Waals surface area contributed by atoms with Crippen LogP contribution in [0.3, 0.4) is 0 Å². The van der Waals surface area contributed by atoms with Gasteiger partial charge in [0.1, 0.15) is 12.4 Å². The molecule has 6 nitrogen and oxygen atoms in total. The Morgan fingerprint density at radius 1 is 1.11 bits per heavy atom. The van der Waals surface area contributed by atoms with Crippen LogP contribution in [-0.4, -0.2) is 29.9 Å². The predicted octanol–water partition coefficient (Wildman–Crippen LogP) is 4.36. The lowest BCUT2D eigenvalue weighted by molar-refractivity contribution is -0.130. The largest absolute Gasteiger partial charge is 0.506 e. The summed E-state index contributed by atoms with van der Waals surface area (Å²) in [6.07, 6.45) is 0.668. The number of amides is 1. The number of fused-ring (bicyclic) bond motifs is 2. The van der Waals surface area contributed by atoms with Crippen LogP contribution in [0.4, 0.5) is 0 Å². The lowest BCUT2D eigenvalue weighted by Crippen LogP contribution is -2.42. The lowest BCUT2D eigenvalue weighted by atomic mass is 10.1. The van der Waals surface area contributed by atoms with Gasteiger partial charge in [0.05, 0.1) is 15.2 Å². The van der Waals surface area contributed by atoms with E-state index in [1.165, 1.54) is 6.21 Å². The summed E-state index contributed by atoms with van der Waals surface area (Å²) in [4.78, 5) is 12.4. The Morgan fingerprint density at radius 3 is 2.43 bits per heavy atom. The highest BCUT2D eigenvalue weighted by Gasteiger charge is 2.27. The predicted molar refractivity (Wildman–Crippen MR) is 113 cm³/mol. The van der Waals surface area contributed by atoms with Crippen LogP contribution in [0, 0.1) is 0 Å². The Labute approximate surface area is 177 Å². The maximum Gasteiger partial charge on any atom is 0.284 e. The average molecular weight is 506 g/mol. The molecule has 3 aromatic rings. The van der Waals surface area contributed by atoms with E-state index in [9.17, 15) is 9.90 Å². The minimum absolute atomic E-state index is 0.0973. The first-order valence-electron chi connectivity index (χ1n) is 8.34. The summed E-state index contributed by atoms with van der Waals surface area (Å²) in [6.45, 7) is 0.100. The van der Waals surface area contributed by atoms with E-state index < -0.39 is 12.0 Å². The van der Waals surface area contributed by atoms with Gasteiger partial charge >= 0.3 is 0 Å². The number of hydrogen-bond acceptors (Lipinski definition) is 5. The summed E-state index contributed by atoms with van der Waals surface area (Å²) in [5.74, 6) is 0.831. The van der Waals surface area contributed by atoms with E-state index >= 15 is 0 Å². The highest BCUT2D eigenvalue weighted by atomic mass is 79.9. The van der Waals surface area contributed by atoms with Crippen LogP contribution in [0.5, 0.6) is 17.2 Å². The average Bonchev–Trinajstić information content (AvgIpc) is 2.69. The van der Waals surface area contributed by atoms with Crippen LogP contribution in [0.15, 0.2) is 62.6 Å². The van der Waals surface area contributed by atoms with Gasteiger partial charge in [0.15, 0.2) is 11.5 Å². The second-order valence-electron chi connectivity index (χ2n) is 6.13. The number of phenolic OH excluding ortho intramolecular Hbond substituents is 1. The molecule has 0 saturated carbocycles. The molecular formula is C20H14Br2N2O4. The Kier molecular flexibility index (Phi) is 5.23. The molecule has 1 atom stereocenters. The molecular weight excluding hydrogens is 492 g/mol. The van der Waals surface area contributed by atoms with E-state index in [1.807, 2.05) is 36.4 Å². The summed E-state index contributed by atoms with van der Waals surface area (Å²) < 4.78 is 12.5. The van der Waals surface area contributed by atoms with Crippen molar-refractivity contribution in [2.45, 2.75) is 6.10 Å². The third-order valence-electron chi connectivity index (χ3n) is 4.19. The summed E-state index contributed by atoms with van der Waals surface area (Å²) in [5.41, 5.74) is 3.14. The monoisotopic (exact) mass is 504 g/mol. The van der Waals surface area contributed by atoms with Crippen LogP contribution < -0.4 is 14.9 Å². The molecule has 1 aliphatic heterocycles. The van der Waals surface area contributed by atoms with Gasteiger partial charge < -0.3 is 14.6 Å². The zero-order chi connectivity index (χ0) is 19.7. The van der Waals surface area contributed by atoms with E-state index in [0.717, 1.165) is 10.8 Å². The van der Waals surface area contributed by atoms with Crippen LogP contribution >= 0.6 is 31.9 Å². The molecule has 0 aliphatic carbocycles. The number of nitrogens with one attached hydrogen (secondary N) is 1. The number of aromatic hydroxyl groups is 1. The molecule has 28 heavy (non-hydrogen) atoms. The molecule has 0 radical (unpaired) electrons. The third kappa shape index (κ3) is 3.83. The summed E-state index contributed by atoms with van der Waals surface area (Å²) >= 11 is 6.49. The quantitative estimate of drug-likeness (QED) is 0.409. The fourth-order valence-corrected chi connectivity index (χ4v) is 4.01. The smallest absolute Gasteiger partial charge is 0.284 e. The number of ether oxygens (including phenoxy) is 2. The van der Waals surface area contributed by atoms with Crippen molar-refractivity contribution in [2.24, 2.45) is 5.10 Å². The van der Waals surface area contributed by atoms with Gasteiger partial charge in [-0.2, -0.15) is 5.10 Å². The zero-order valence-corrected chi connectivity index (χ0v) is 17.5. The van der Waals surface area contributed by atoms with Gasteiger partial charge in [0.25, 0.3) is 5.91 Å². The van der Waals surface area contributed by atoms with Gasteiger partial charge in [-0.1, -0.05) is 24.3 Å². The molecule has 0 spiro atoms. The van der Waals surface area contributed by atoms with E-state index in [0.29, 0.717) is 26.0 Å². The fraction of sp³-hybridized carbons (Fsp3) is 0.100. The summed E-state index contributed by atoms with van der Waals surface area (Å²) in [7, 11) is 0. The Morgan fingerprint density at radius 2 is 1.75 bits per heavy atom. The van der Waals surface area contributed by atoms with Crippen LogP contribution in [0.25, 0.3) is 10.8 Å². The maximum absolute atomic E-state index is 12.4. The van der Waals surface area contributed by atoms with Crippen LogP contribution in [0.1, 0.15) is 5.56 Å². The standard InChI is InChI=1S/C20H14Br2N2O4/c21-14-5-11(6-15(22)19(14)25)9-23-24-20(26)18-10-27-16-7-12-3-1-2-4-13(12)8-17(16)28-18/h1-9,18,25H,10H2,(H,24,26)/b23-9+. The number of carbonyl (C=O) groups is 1. The first-order chi connectivity index (χ1) is 13.5. The van der Waals surface area contributed by atoms with Gasteiger partial charge in [-0.3, -0.25) is 4.79 Å². The van der Waals surface area contributed by atoms with Crippen LogP contribution in [0.2, 0.25) is 0 Å². The molecule has 0 fully saturated rings. The van der Waals surface area contributed by atoms with E-state index in [1.54, 1.807) is 12.1 Å². The number of hydrogen-bond donors (Lipinski definition) is 2. The SMILES string of the molecule is O=C(N/N=C/c1cc(Br)c(O)c(Br)c1)C1COc2cc3ccccc3cc2O1. The molecule has 0 aromatic heterocycles. The van der Waals surface area contributed by atoms with Crippen molar-refractivity contribution >= 4 is 54.8 Å². The van der Waals surface area contributed by atoms with Crippen molar-refractivity contribution in [3.63, 3.8) is 0 Å². The fourth-order valence-electron chi connectivity index (χ4n) is 2.79. The second-order valence-corrected chi connectivity index (χ2v) is 7.84. The Hall–Kier alpha value is -2.58. The molecule has 0 bridgehead atoms. The first kappa shape index (κ1) is 18.8. The van der Waals surface area contributed by atoms with Crippen molar-refractivity contribution < 1.29 is 19.4 Å². The van der Waals surface area contributed by atoms with Crippen molar-refractivity contribution in [1.29, 1.82) is 0 Å². The molecule has 142 valence electrons. The molecule has 2 N–H and O–H groups in total. The van der Waals surface area contributed by atoms with E-state index in [2.05, 4.69) is 42.4 Å². The van der Waals surface area contributed by atoms with Gasteiger partial charge in [-0.25, -0.2) is 5.43 Å². The summed E-state index contributed by atoms with van der Waals surface area (Å²) in [6, 6.07) is 15.0. The highest BCUT2D eigenvalue weighted by Crippen LogP contribution is 2.36. The first-order valence-corrected chi connectivity index (χ1v) is 9.93. The zero-order valence-electron chi connectivity index (χ0n) is 14.4. The van der Waals surface area contributed by atoms with Crippen molar-refractivity contribution in [3.05, 3.63) is 63.0 Å². The molecule has 1 unspecified atom stereocenters. The van der Waals surface area contributed by atoms with Gasteiger partial charge in [0, 0.05) is 0 Å². The molecule has 1 aliphatic rings. The normalized spacial score (nSPS) is 15.7. The second kappa shape index (κ2) is 7.81. The number of nitrogens with zero attached hydrogens (tertiary/aromatic N) is 1. The molecule has 4 rings (SSSR count). The third-order valence-corrected chi connectivity index (χ3v) is 5.40. The van der Waals surface area contributed by atoms with Gasteiger partial charge in [-0.05, 0) is 72.5 Å². The maximum atomic E-state index is 12.4.